The molecule has 8 heteroatoms. The van der Waals surface area contributed by atoms with E-state index >= 15 is 0 Å². The van der Waals surface area contributed by atoms with Gasteiger partial charge in [0.1, 0.15) is 0 Å². The zero-order chi connectivity index (χ0) is 18.4. The van der Waals surface area contributed by atoms with Crippen LogP contribution in [0.15, 0.2) is 23.2 Å². The van der Waals surface area contributed by atoms with Crippen LogP contribution in [-0.2, 0) is 4.79 Å². The summed E-state index contributed by atoms with van der Waals surface area (Å²) in [5.74, 6) is 0.971. The number of anilines is 1. The van der Waals surface area contributed by atoms with Gasteiger partial charge in [0.05, 0.1) is 0 Å². The van der Waals surface area contributed by atoms with Crippen molar-refractivity contribution >= 4 is 53.1 Å². The van der Waals surface area contributed by atoms with Crippen molar-refractivity contribution in [1.82, 2.24) is 15.1 Å². The van der Waals surface area contributed by atoms with Gasteiger partial charge in [-0.15, -0.1) is 24.0 Å². The lowest BCUT2D eigenvalue weighted by atomic mass is 10.1. The lowest BCUT2D eigenvalue weighted by Crippen LogP contribution is -2.53. The number of nitrogens with one attached hydrogen (secondary N) is 1. The highest BCUT2D eigenvalue weighted by molar-refractivity contribution is 14.0. The summed E-state index contributed by atoms with van der Waals surface area (Å²) in [5, 5.41) is 4.06. The molecular weight excluding hydrogens is 465 g/mol. The molecule has 0 bridgehead atoms. The molecule has 0 aromatic heterocycles. The van der Waals surface area contributed by atoms with Gasteiger partial charge in [0.25, 0.3) is 0 Å². The average molecular weight is 494 g/mol. The van der Waals surface area contributed by atoms with Gasteiger partial charge in [-0.25, -0.2) is 0 Å². The molecule has 1 aromatic rings. The number of amides is 1. The number of rotatable bonds is 4. The molecule has 0 spiro atoms. The van der Waals surface area contributed by atoms with Crippen molar-refractivity contribution in [1.29, 1.82) is 0 Å². The Morgan fingerprint density at radius 2 is 1.92 bits per heavy atom. The summed E-state index contributed by atoms with van der Waals surface area (Å²) < 4.78 is 0. The molecule has 1 saturated heterocycles. The minimum Gasteiger partial charge on any atom is -0.368 e. The van der Waals surface area contributed by atoms with E-state index in [1.807, 2.05) is 12.1 Å². The molecule has 1 N–H and O–H groups in total. The number of hydrogen-bond donors (Lipinski definition) is 1. The van der Waals surface area contributed by atoms with Crippen LogP contribution in [0.4, 0.5) is 5.69 Å². The first kappa shape index (κ1) is 22.8. The molecule has 0 saturated carbocycles. The minimum atomic E-state index is 0. The molecule has 1 heterocycles. The third-order valence-corrected chi connectivity index (χ3v) is 4.66. The average Bonchev–Trinajstić information content (AvgIpc) is 2.61. The Morgan fingerprint density at radius 1 is 1.27 bits per heavy atom. The van der Waals surface area contributed by atoms with Crippen molar-refractivity contribution in [2.45, 2.75) is 13.3 Å². The SMILES string of the molecule is CN=C(NCCC(=O)N(C)C)N1CCN(c2cc(Cl)ccc2C)CC1.I. The maximum atomic E-state index is 11.7. The Balaban J connectivity index is 0.00000338. The Kier molecular flexibility index (Phi) is 9.49. The largest absolute Gasteiger partial charge is 0.368 e. The van der Waals surface area contributed by atoms with Crippen molar-refractivity contribution < 1.29 is 4.79 Å². The zero-order valence-electron chi connectivity index (χ0n) is 16.0. The van der Waals surface area contributed by atoms with E-state index in [2.05, 4.69) is 33.1 Å². The van der Waals surface area contributed by atoms with Crippen LogP contribution in [0.25, 0.3) is 0 Å². The first-order chi connectivity index (χ1) is 11.9. The van der Waals surface area contributed by atoms with E-state index in [4.69, 9.17) is 11.6 Å². The molecule has 146 valence electrons. The molecule has 1 aliphatic heterocycles. The zero-order valence-corrected chi connectivity index (χ0v) is 19.0. The second kappa shape index (κ2) is 10.8. The van der Waals surface area contributed by atoms with Crippen LogP contribution in [-0.4, -0.2) is 75.5 Å². The third kappa shape index (κ3) is 6.19. The van der Waals surface area contributed by atoms with Gasteiger partial charge in [0, 0.05) is 71.0 Å². The van der Waals surface area contributed by atoms with Gasteiger partial charge in [-0.1, -0.05) is 17.7 Å². The van der Waals surface area contributed by atoms with Crippen molar-refractivity contribution in [3.8, 4) is 0 Å². The molecule has 1 fully saturated rings. The normalized spacial score (nSPS) is 14.7. The maximum absolute atomic E-state index is 11.7. The molecule has 0 atom stereocenters. The standard InChI is InChI=1S/C18H28ClN5O.HI/c1-14-5-6-15(19)13-16(14)23-9-11-24(12-10-23)18(20-2)21-8-7-17(25)22(3)4;/h5-6,13H,7-12H2,1-4H3,(H,20,21);1H. The van der Waals surface area contributed by atoms with Gasteiger partial charge in [0.15, 0.2) is 5.96 Å². The molecule has 1 amide bonds. The number of nitrogens with zero attached hydrogens (tertiary/aromatic N) is 4. The molecule has 1 aromatic carbocycles. The first-order valence-electron chi connectivity index (χ1n) is 8.59. The van der Waals surface area contributed by atoms with Crippen LogP contribution >= 0.6 is 35.6 Å². The summed E-state index contributed by atoms with van der Waals surface area (Å²) in [6, 6.07) is 6.02. The van der Waals surface area contributed by atoms with Crippen LogP contribution in [0, 0.1) is 6.92 Å². The summed E-state index contributed by atoms with van der Waals surface area (Å²) in [4.78, 5) is 22.2. The monoisotopic (exact) mass is 493 g/mol. The van der Waals surface area contributed by atoms with Crippen LogP contribution in [0.1, 0.15) is 12.0 Å². The fraction of sp³-hybridized carbons (Fsp3) is 0.556. The molecule has 6 nitrogen and oxygen atoms in total. The summed E-state index contributed by atoms with van der Waals surface area (Å²) in [6.07, 6.45) is 0.466. The van der Waals surface area contributed by atoms with Crippen LogP contribution < -0.4 is 10.2 Å². The summed E-state index contributed by atoms with van der Waals surface area (Å²) >= 11 is 6.15. The highest BCUT2D eigenvalue weighted by Crippen LogP contribution is 2.25. The van der Waals surface area contributed by atoms with Crippen LogP contribution in [0.5, 0.6) is 0 Å². The van der Waals surface area contributed by atoms with Gasteiger partial charge in [0.2, 0.25) is 5.91 Å². The van der Waals surface area contributed by atoms with E-state index < -0.39 is 0 Å². The molecule has 1 aliphatic rings. The van der Waals surface area contributed by atoms with Gasteiger partial charge >= 0.3 is 0 Å². The number of aryl methyl sites for hydroxylation is 1. The highest BCUT2D eigenvalue weighted by atomic mass is 127. The van der Waals surface area contributed by atoms with Crippen molar-refractivity contribution in [2.75, 3.05) is 58.8 Å². The number of hydrogen-bond acceptors (Lipinski definition) is 3. The number of benzene rings is 1. The number of carbonyl (C=O) groups excluding carboxylic acids is 1. The summed E-state index contributed by atoms with van der Waals surface area (Å²) in [5.41, 5.74) is 2.44. The van der Waals surface area contributed by atoms with E-state index in [-0.39, 0.29) is 29.9 Å². The fourth-order valence-electron chi connectivity index (χ4n) is 2.92. The lowest BCUT2D eigenvalue weighted by Gasteiger charge is -2.38. The topological polar surface area (TPSA) is 51.2 Å². The number of piperazine rings is 1. The summed E-state index contributed by atoms with van der Waals surface area (Å²) in [7, 11) is 5.33. The maximum Gasteiger partial charge on any atom is 0.223 e. The Hall–Kier alpha value is -1.22. The molecule has 0 unspecified atom stereocenters. The lowest BCUT2D eigenvalue weighted by molar-refractivity contribution is -0.128. The Morgan fingerprint density at radius 3 is 2.50 bits per heavy atom. The second-order valence-corrected chi connectivity index (χ2v) is 6.85. The third-order valence-electron chi connectivity index (χ3n) is 4.42. The van der Waals surface area contributed by atoms with Gasteiger partial charge in [-0.2, -0.15) is 0 Å². The van der Waals surface area contributed by atoms with Crippen molar-refractivity contribution in [3.63, 3.8) is 0 Å². The van der Waals surface area contributed by atoms with Crippen LogP contribution in [0.3, 0.4) is 0 Å². The van der Waals surface area contributed by atoms with Crippen molar-refractivity contribution in [2.24, 2.45) is 4.99 Å². The number of guanidine groups is 1. The predicted molar refractivity (Wildman–Crippen MR) is 120 cm³/mol. The summed E-state index contributed by atoms with van der Waals surface area (Å²) in [6.45, 7) is 6.30. The number of aliphatic imine (C=N–C) groups is 1. The smallest absolute Gasteiger partial charge is 0.223 e. The molecular formula is C18H29ClIN5O. The molecule has 26 heavy (non-hydrogen) atoms. The van der Waals surface area contributed by atoms with E-state index in [1.54, 1.807) is 26.0 Å². The predicted octanol–water partition coefficient (Wildman–Crippen LogP) is 2.44. The highest BCUT2D eigenvalue weighted by Gasteiger charge is 2.21. The van der Waals surface area contributed by atoms with Gasteiger partial charge in [-0.05, 0) is 24.6 Å². The van der Waals surface area contributed by atoms with Crippen molar-refractivity contribution in [3.05, 3.63) is 28.8 Å². The number of carbonyl (C=O) groups is 1. The molecule has 0 radical (unpaired) electrons. The van der Waals surface area contributed by atoms with Crippen LogP contribution in [0.2, 0.25) is 5.02 Å². The fourth-order valence-corrected chi connectivity index (χ4v) is 3.09. The molecule has 2 rings (SSSR count). The van der Waals surface area contributed by atoms with Gasteiger partial charge in [-0.3, -0.25) is 9.79 Å². The van der Waals surface area contributed by atoms with E-state index in [0.29, 0.717) is 13.0 Å². The van der Waals surface area contributed by atoms with E-state index in [1.165, 1.54) is 11.3 Å². The Labute approximate surface area is 178 Å². The Bertz CT molecular complexity index is 630. The van der Waals surface area contributed by atoms with E-state index in [9.17, 15) is 4.79 Å². The van der Waals surface area contributed by atoms with E-state index in [0.717, 1.165) is 37.2 Å². The molecule has 0 aliphatic carbocycles. The van der Waals surface area contributed by atoms with Gasteiger partial charge < -0.3 is 20.0 Å². The quantitative estimate of drug-likeness (QED) is 0.398. The number of halogens is 2. The second-order valence-electron chi connectivity index (χ2n) is 6.42. The minimum absolute atomic E-state index is 0. The first-order valence-corrected chi connectivity index (χ1v) is 8.97.